The van der Waals surface area contributed by atoms with Crippen molar-refractivity contribution in [3.8, 4) is 0 Å². The predicted molar refractivity (Wildman–Crippen MR) is 65.5 cm³/mol. The van der Waals surface area contributed by atoms with E-state index in [0.717, 1.165) is 23.1 Å². The molecule has 1 saturated heterocycles. The minimum atomic E-state index is -0.781. The van der Waals surface area contributed by atoms with E-state index >= 15 is 0 Å². The van der Waals surface area contributed by atoms with Gasteiger partial charge in [-0.1, -0.05) is 13.8 Å². The SMILES string of the molecule is CC(C)C1C(=O)NCC(=O)N1c1cc(F)cc(F)c1. The third-order valence-corrected chi connectivity index (χ3v) is 2.99. The average molecular weight is 268 g/mol. The molecular formula is C13H14F2N2O2. The first-order valence-corrected chi connectivity index (χ1v) is 5.96. The van der Waals surface area contributed by atoms with E-state index in [0.29, 0.717) is 0 Å². The minimum absolute atomic E-state index is 0.0658. The van der Waals surface area contributed by atoms with Crippen molar-refractivity contribution >= 4 is 17.5 Å². The van der Waals surface area contributed by atoms with Crippen LogP contribution in [-0.2, 0) is 9.59 Å². The number of carbonyl (C=O) groups excluding carboxylic acids is 2. The molecule has 1 fully saturated rings. The number of hydrogen-bond donors (Lipinski definition) is 1. The van der Waals surface area contributed by atoms with Crippen molar-refractivity contribution in [2.45, 2.75) is 19.9 Å². The van der Waals surface area contributed by atoms with Gasteiger partial charge in [-0.25, -0.2) is 8.78 Å². The molecule has 1 unspecified atom stereocenters. The summed E-state index contributed by atoms with van der Waals surface area (Å²) in [6.45, 7) is 3.37. The molecule has 0 aromatic heterocycles. The molecule has 1 aromatic carbocycles. The van der Waals surface area contributed by atoms with Crippen LogP contribution in [0, 0.1) is 17.6 Å². The Morgan fingerprint density at radius 1 is 1.21 bits per heavy atom. The molecule has 1 aliphatic heterocycles. The van der Waals surface area contributed by atoms with Gasteiger partial charge in [0.2, 0.25) is 11.8 Å². The maximum atomic E-state index is 13.3. The van der Waals surface area contributed by atoms with Crippen molar-refractivity contribution in [2.75, 3.05) is 11.4 Å². The summed E-state index contributed by atoms with van der Waals surface area (Å²) in [5.74, 6) is -2.44. The highest BCUT2D eigenvalue weighted by molar-refractivity contribution is 6.06. The summed E-state index contributed by atoms with van der Waals surface area (Å²) in [6.07, 6.45) is 0. The number of piperazine rings is 1. The lowest BCUT2D eigenvalue weighted by Crippen LogP contribution is -2.60. The Bertz CT molecular complexity index is 511. The zero-order valence-electron chi connectivity index (χ0n) is 10.6. The number of benzene rings is 1. The number of anilines is 1. The molecular weight excluding hydrogens is 254 g/mol. The van der Waals surface area contributed by atoms with E-state index in [9.17, 15) is 18.4 Å². The molecule has 2 rings (SSSR count). The molecule has 0 saturated carbocycles. The second-order valence-corrected chi connectivity index (χ2v) is 4.80. The summed E-state index contributed by atoms with van der Waals surface area (Å²) < 4.78 is 26.5. The average Bonchev–Trinajstić information content (AvgIpc) is 2.29. The summed E-state index contributed by atoms with van der Waals surface area (Å²) in [4.78, 5) is 24.9. The molecule has 1 atom stereocenters. The van der Waals surface area contributed by atoms with Crippen molar-refractivity contribution in [3.63, 3.8) is 0 Å². The van der Waals surface area contributed by atoms with Crippen LogP contribution < -0.4 is 10.2 Å². The van der Waals surface area contributed by atoms with Gasteiger partial charge in [0.1, 0.15) is 17.7 Å². The fraction of sp³-hybridized carbons (Fsp3) is 0.385. The van der Waals surface area contributed by atoms with Crippen molar-refractivity contribution in [3.05, 3.63) is 29.8 Å². The maximum Gasteiger partial charge on any atom is 0.247 e. The fourth-order valence-electron chi connectivity index (χ4n) is 2.21. The van der Waals surface area contributed by atoms with Crippen molar-refractivity contribution in [2.24, 2.45) is 5.92 Å². The molecule has 0 spiro atoms. The Morgan fingerprint density at radius 2 is 1.79 bits per heavy atom. The molecule has 0 bridgehead atoms. The van der Waals surface area contributed by atoms with E-state index in [1.807, 2.05) is 0 Å². The Morgan fingerprint density at radius 3 is 2.32 bits per heavy atom. The van der Waals surface area contributed by atoms with Gasteiger partial charge in [0, 0.05) is 6.07 Å². The van der Waals surface area contributed by atoms with Gasteiger partial charge < -0.3 is 5.32 Å². The molecule has 0 radical (unpaired) electrons. The predicted octanol–water partition coefficient (Wildman–Crippen LogP) is 1.45. The highest BCUT2D eigenvalue weighted by Crippen LogP contribution is 2.25. The number of amides is 2. The van der Waals surface area contributed by atoms with Crippen LogP contribution in [0.2, 0.25) is 0 Å². The highest BCUT2D eigenvalue weighted by atomic mass is 19.1. The van der Waals surface area contributed by atoms with Gasteiger partial charge in [-0.3, -0.25) is 14.5 Å². The van der Waals surface area contributed by atoms with E-state index in [1.165, 1.54) is 0 Å². The van der Waals surface area contributed by atoms with E-state index in [2.05, 4.69) is 5.32 Å². The monoisotopic (exact) mass is 268 g/mol. The molecule has 6 heteroatoms. The Hall–Kier alpha value is -1.98. The summed E-state index contributed by atoms with van der Waals surface area (Å²) in [5, 5.41) is 2.47. The summed E-state index contributed by atoms with van der Waals surface area (Å²) >= 11 is 0. The van der Waals surface area contributed by atoms with Gasteiger partial charge in [0.25, 0.3) is 0 Å². The number of carbonyl (C=O) groups is 2. The zero-order valence-corrected chi connectivity index (χ0v) is 10.6. The standard InChI is InChI=1S/C13H14F2N2O2/c1-7(2)12-13(19)16-6-11(18)17(12)10-4-8(14)3-9(15)5-10/h3-5,7,12H,6H2,1-2H3,(H,16,19). The Balaban J connectivity index is 2.48. The van der Waals surface area contributed by atoms with Gasteiger partial charge in [-0.2, -0.15) is 0 Å². The van der Waals surface area contributed by atoms with Crippen molar-refractivity contribution < 1.29 is 18.4 Å². The van der Waals surface area contributed by atoms with Gasteiger partial charge in [-0.15, -0.1) is 0 Å². The fourth-order valence-corrected chi connectivity index (χ4v) is 2.21. The first-order chi connectivity index (χ1) is 8.90. The van der Waals surface area contributed by atoms with Crippen LogP contribution in [-0.4, -0.2) is 24.4 Å². The van der Waals surface area contributed by atoms with Crippen LogP contribution in [0.4, 0.5) is 14.5 Å². The van der Waals surface area contributed by atoms with Crippen LogP contribution >= 0.6 is 0 Å². The van der Waals surface area contributed by atoms with Crippen LogP contribution in [0.25, 0.3) is 0 Å². The molecule has 1 aliphatic rings. The second-order valence-electron chi connectivity index (χ2n) is 4.80. The lowest BCUT2D eigenvalue weighted by atomic mass is 9.98. The van der Waals surface area contributed by atoms with Crippen LogP contribution in [0.1, 0.15) is 13.8 Å². The molecule has 19 heavy (non-hydrogen) atoms. The number of nitrogens with one attached hydrogen (secondary N) is 1. The molecule has 0 aliphatic carbocycles. The molecule has 2 amide bonds. The van der Waals surface area contributed by atoms with Gasteiger partial charge >= 0.3 is 0 Å². The minimum Gasteiger partial charge on any atom is -0.345 e. The number of hydrogen-bond acceptors (Lipinski definition) is 2. The van der Waals surface area contributed by atoms with Crippen LogP contribution in [0.15, 0.2) is 18.2 Å². The summed E-state index contributed by atoms with van der Waals surface area (Å²) in [7, 11) is 0. The second kappa shape index (κ2) is 4.95. The van der Waals surface area contributed by atoms with Gasteiger partial charge in [0.05, 0.1) is 12.2 Å². The first kappa shape index (κ1) is 13.5. The molecule has 1 N–H and O–H groups in total. The summed E-state index contributed by atoms with van der Waals surface area (Å²) in [5.41, 5.74) is 0.0658. The van der Waals surface area contributed by atoms with Gasteiger partial charge in [-0.05, 0) is 18.1 Å². The molecule has 4 nitrogen and oxygen atoms in total. The van der Waals surface area contributed by atoms with Gasteiger partial charge in [0.15, 0.2) is 0 Å². The third kappa shape index (κ3) is 2.57. The van der Waals surface area contributed by atoms with E-state index < -0.39 is 17.7 Å². The van der Waals surface area contributed by atoms with Crippen LogP contribution in [0.3, 0.4) is 0 Å². The number of rotatable bonds is 2. The molecule has 102 valence electrons. The molecule has 1 aromatic rings. The first-order valence-electron chi connectivity index (χ1n) is 5.96. The topological polar surface area (TPSA) is 49.4 Å². The Labute approximate surface area is 109 Å². The largest absolute Gasteiger partial charge is 0.345 e. The van der Waals surface area contributed by atoms with Crippen molar-refractivity contribution in [1.82, 2.24) is 5.32 Å². The lowest BCUT2D eigenvalue weighted by molar-refractivity contribution is -0.131. The smallest absolute Gasteiger partial charge is 0.247 e. The normalized spacial score (nSPS) is 19.8. The highest BCUT2D eigenvalue weighted by Gasteiger charge is 2.37. The lowest BCUT2D eigenvalue weighted by Gasteiger charge is -2.37. The van der Waals surface area contributed by atoms with E-state index in [1.54, 1.807) is 13.8 Å². The maximum absolute atomic E-state index is 13.3. The Kier molecular flexibility index (Phi) is 3.50. The van der Waals surface area contributed by atoms with Crippen LogP contribution in [0.5, 0.6) is 0 Å². The quantitative estimate of drug-likeness (QED) is 0.882. The summed E-state index contributed by atoms with van der Waals surface area (Å²) in [6, 6.07) is 2.06. The number of halogens is 2. The van der Waals surface area contributed by atoms with E-state index in [4.69, 9.17) is 0 Å². The van der Waals surface area contributed by atoms with Crippen molar-refractivity contribution in [1.29, 1.82) is 0 Å². The molecule has 1 heterocycles. The number of nitrogens with zero attached hydrogens (tertiary/aromatic N) is 1. The van der Waals surface area contributed by atoms with E-state index in [-0.39, 0.29) is 30.0 Å². The zero-order chi connectivity index (χ0) is 14.2. The third-order valence-electron chi connectivity index (χ3n) is 2.99.